The number of furan rings is 1. The highest BCUT2D eigenvalue weighted by Gasteiger charge is 2.40. The summed E-state index contributed by atoms with van der Waals surface area (Å²) in [7, 11) is 0. The van der Waals surface area contributed by atoms with Crippen LogP contribution in [-0.4, -0.2) is 28.2 Å². The Hall–Kier alpha value is -3.80. The van der Waals surface area contributed by atoms with Crippen molar-refractivity contribution in [2.45, 2.75) is 26.4 Å². The average Bonchev–Trinajstić information content (AvgIpc) is 3.41. The standard InChI is InChI=1S/C25H23N3O3/c1-15-11-12-17(31-15)13-26-22(29)14-28-24(18-7-3-4-8-19(18)25(28)30)23-16(2)27-21-10-6-5-9-20(21)23/h3-12,24,27H,13-14H2,1-2H3,(H,26,29)/t24-/m0/s1. The molecule has 2 N–H and O–H groups in total. The van der Waals surface area contributed by atoms with Crippen LogP contribution in [-0.2, 0) is 11.3 Å². The number of hydrogen-bond acceptors (Lipinski definition) is 3. The molecule has 1 aliphatic heterocycles. The molecular formula is C25H23N3O3. The lowest BCUT2D eigenvalue weighted by Gasteiger charge is -2.25. The zero-order valence-electron chi connectivity index (χ0n) is 17.4. The molecule has 0 fully saturated rings. The van der Waals surface area contributed by atoms with Crippen LogP contribution in [0.2, 0.25) is 0 Å². The predicted molar refractivity (Wildman–Crippen MR) is 118 cm³/mol. The minimum Gasteiger partial charge on any atom is -0.465 e. The van der Waals surface area contributed by atoms with Gasteiger partial charge in [0, 0.05) is 27.7 Å². The molecular weight excluding hydrogens is 390 g/mol. The van der Waals surface area contributed by atoms with Crippen molar-refractivity contribution in [1.82, 2.24) is 15.2 Å². The maximum absolute atomic E-state index is 13.3. The summed E-state index contributed by atoms with van der Waals surface area (Å²) in [6.45, 7) is 4.13. The van der Waals surface area contributed by atoms with E-state index in [9.17, 15) is 9.59 Å². The van der Waals surface area contributed by atoms with E-state index in [1.807, 2.05) is 68.4 Å². The molecule has 1 aliphatic rings. The highest BCUT2D eigenvalue weighted by atomic mass is 16.3. The van der Waals surface area contributed by atoms with E-state index < -0.39 is 0 Å². The van der Waals surface area contributed by atoms with Crippen LogP contribution in [0.25, 0.3) is 10.9 Å². The second kappa shape index (κ2) is 7.47. The summed E-state index contributed by atoms with van der Waals surface area (Å²) in [5.41, 5.74) is 4.61. The fourth-order valence-corrected chi connectivity index (χ4v) is 4.47. The van der Waals surface area contributed by atoms with Crippen molar-refractivity contribution in [2.24, 2.45) is 0 Å². The number of amides is 2. The highest BCUT2D eigenvalue weighted by Crippen LogP contribution is 2.42. The number of aromatic amines is 1. The molecule has 6 heteroatoms. The van der Waals surface area contributed by atoms with E-state index in [1.165, 1.54) is 0 Å². The van der Waals surface area contributed by atoms with Crippen LogP contribution >= 0.6 is 0 Å². The van der Waals surface area contributed by atoms with Crippen LogP contribution < -0.4 is 5.32 Å². The van der Waals surface area contributed by atoms with E-state index >= 15 is 0 Å². The van der Waals surface area contributed by atoms with E-state index in [2.05, 4.69) is 16.4 Å². The summed E-state index contributed by atoms with van der Waals surface area (Å²) >= 11 is 0. The third kappa shape index (κ3) is 3.30. The molecule has 31 heavy (non-hydrogen) atoms. The van der Waals surface area contributed by atoms with Crippen LogP contribution in [0.4, 0.5) is 0 Å². The van der Waals surface area contributed by atoms with Gasteiger partial charge >= 0.3 is 0 Å². The first-order valence-corrected chi connectivity index (χ1v) is 10.3. The van der Waals surface area contributed by atoms with Crippen LogP contribution in [0, 0.1) is 13.8 Å². The van der Waals surface area contributed by atoms with Gasteiger partial charge in [-0.2, -0.15) is 0 Å². The lowest BCUT2D eigenvalue weighted by Crippen LogP contribution is -2.39. The van der Waals surface area contributed by atoms with Gasteiger partial charge in [0.05, 0.1) is 12.6 Å². The molecule has 1 atom stereocenters. The normalized spacial score (nSPS) is 15.5. The molecule has 0 saturated carbocycles. The Morgan fingerprint density at radius 3 is 2.65 bits per heavy atom. The molecule has 2 aromatic heterocycles. The molecule has 0 aliphatic carbocycles. The number of fused-ring (bicyclic) bond motifs is 2. The SMILES string of the molecule is Cc1ccc(CNC(=O)CN2C(=O)c3ccccc3[C@H]2c2c(C)[nH]c3ccccc23)o1. The van der Waals surface area contributed by atoms with Gasteiger partial charge in [0.25, 0.3) is 5.91 Å². The van der Waals surface area contributed by atoms with Crippen molar-refractivity contribution in [1.29, 1.82) is 0 Å². The molecule has 2 aromatic carbocycles. The van der Waals surface area contributed by atoms with Gasteiger partial charge in [-0.05, 0) is 43.7 Å². The lowest BCUT2D eigenvalue weighted by atomic mass is 9.95. The van der Waals surface area contributed by atoms with E-state index in [0.717, 1.165) is 33.5 Å². The number of nitrogens with zero attached hydrogens (tertiary/aromatic N) is 1. The molecule has 156 valence electrons. The Kier molecular flexibility index (Phi) is 4.62. The molecule has 0 radical (unpaired) electrons. The number of nitrogens with one attached hydrogen (secondary N) is 2. The van der Waals surface area contributed by atoms with E-state index in [1.54, 1.807) is 4.90 Å². The molecule has 2 amide bonds. The monoisotopic (exact) mass is 413 g/mol. The molecule has 4 aromatic rings. The van der Waals surface area contributed by atoms with Crippen LogP contribution in [0.15, 0.2) is 65.1 Å². The quantitative estimate of drug-likeness (QED) is 0.514. The molecule has 0 unspecified atom stereocenters. The first-order valence-electron chi connectivity index (χ1n) is 10.3. The maximum atomic E-state index is 13.3. The summed E-state index contributed by atoms with van der Waals surface area (Å²) in [5.74, 6) is 1.13. The van der Waals surface area contributed by atoms with Crippen LogP contribution in [0.5, 0.6) is 0 Å². The van der Waals surface area contributed by atoms with Gasteiger partial charge in [0.1, 0.15) is 18.1 Å². The van der Waals surface area contributed by atoms with E-state index in [-0.39, 0.29) is 24.4 Å². The summed E-state index contributed by atoms with van der Waals surface area (Å²) < 4.78 is 5.52. The fraction of sp³-hybridized carbons (Fsp3) is 0.200. The van der Waals surface area contributed by atoms with Gasteiger partial charge in [0.2, 0.25) is 5.91 Å². The number of para-hydroxylation sites is 1. The Bertz CT molecular complexity index is 1300. The summed E-state index contributed by atoms with van der Waals surface area (Å²) in [4.78, 5) is 31.1. The smallest absolute Gasteiger partial charge is 0.255 e. The number of carbonyl (C=O) groups is 2. The maximum Gasteiger partial charge on any atom is 0.255 e. The van der Waals surface area contributed by atoms with Crippen molar-refractivity contribution in [2.75, 3.05) is 6.54 Å². The zero-order chi connectivity index (χ0) is 21.5. The third-order valence-corrected chi connectivity index (χ3v) is 5.84. The Balaban J connectivity index is 1.49. The van der Waals surface area contributed by atoms with Gasteiger partial charge in [0.15, 0.2) is 0 Å². The minimum absolute atomic E-state index is 0.0309. The summed E-state index contributed by atoms with van der Waals surface area (Å²) in [5, 5.41) is 3.93. The number of aryl methyl sites for hydroxylation is 2. The number of aromatic nitrogens is 1. The number of hydrogen-bond donors (Lipinski definition) is 2. The summed E-state index contributed by atoms with van der Waals surface area (Å²) in [6, 6.07) is 19.0. The van der Waals surface area contributed by atoms with E-state index in [0.29, 0.717) is 17.9 Å². The Morgan fingerprint density at radius 1 is 1.06 bits per heavy atom. The summed E-state index contributed by atoms with van der Waals surface area (Å²) in [6.07, 6.45) is 0. The topological polar surface area (TPSA) is 78.3 Å². The fourth-order valence-electron chi connectivity index (χ4n) is 4.47. The molecule has 3 heterocycles. The van der Waals surface area contributed by atoms with Gasteiger partial charge in [-0.1, -0.05) is 36.4 Å². The first kappa shape index (κ1) is 19.2. The Labute approximate surface area is 179 Å². The molecule has 5 rings (SSSR count). The van der Waals surface area contributed by atoms with Crippen molar-refractivity contribution < 1.29 is 14.0 Å². The van der Waals surface area contributed by atoms with Crippen molar-refractivity contribution >= 4 is 22.7 Å². The zero-order valence-corrected chi connectivity index (χ0v) is 17.4. The molecule has 0 saturated heterocycles. The second-order valence-electron chi connectivity index (χ2n) is 7.92. The molecule has 0 spiro atoms. The minimum atomic E-state index is -0.323. The number of rotatable bonds is 5. The van der Waals surface area contributed by atoms with E-state index in [4.69, 9.17) is 4.42 Å². The first-order chi connectivity index (χ1) is 15.0. The average molecular weight is 413 g/mol. The van der Waals surface area contributed by atoms with Gasteiger partial charge in [-0.25, -0.2) is 0 Å². The van der Waals surface area contributed by atoms with Crippen LogP contribution in [0.3, 0.4) is 0 Å². The lowest BCUT2D eigenvalue weighted by molar-refractivity contribution is -0.122. The van der Waals surface area contributed by atoms with Crippen molar-refractivity contribution in [3.8, 4) is 0 Å². The predicted octanol–water partition coefficient (Wildman–Crippen LogP) is 4.24. The van der Waals surface area contributed by atoms with Gasteiger partial charge < -0.3 is 19.6 Å². The van der Waals surface area contributed by atoms with Crippen molar-refractivity contribution in [3.63, 3.8) is 0 Å². The number of carbonyl (C=O) groups excluding carboxylic acids is 2. The van der Waals surface area contributed by atoms with Crippen molar-refractivity contribution in [3.05, 3.63) is 94.6 Å². The molecule has 0 bridgehead atoms. The van der Waals surface area contributed by atoms with Crippen LogP contribution in [0.1, 0.15) is 44.7 Å². The third-order valence-electron chi connectivity index (χ3n) is 5.84. The largest absolute Gasteiger partial charge is 0.465 e. The molecule has 6 nitrogen and oxygen atoms in total. The second-order valence-corrected chi connectivity index (χ2v) is 7.92. The number of H-pyrrole nitrogens is 1. The van der Waals surface area contributed by atoms with Gasteiger partial charge in [-0.3, -0.25) is 9.59 Å². The highest BCUT2D eigenvalue weighted by molar-refractivity contribution is 6.02. The number of benzene rings is 2. The van der Waals surface area contributed by atoms with Gasteiger partial charge in [-0.15, -0.1) is 0 Å². The Morgan fingerprint density at radius 2 is 1.84 bits per heavy atom.